The number of rotatable bonds is 6. The fourth-order valence-corrected chi connectivity index (χ4v) is 4.12. The van der Waals surface area contributed by atoms with Gasteiger partial charge in [-0.05, 0) is 6.07 Å². The minimum atomic E-state index is -0.928. The van der Waals surface area contributed by atoms with Crippen LogP contribution >= 0.6 is 23.5 Å². The number of thioether (sulfide) groups is 2. The van der Waals surface area contributed by atoms with Crippen molar-refractivity contribution in [3.8, 4) is 5.75 Å². The highest BCUT2D eigenvalue weighted by atomic mass is 32.2. The van der Waals surface area contributed by atoms with E-state index in [0.29, 0.717) is 17.4 Å². The molecule has 1 heterocycles. The molecule has 1 saturated heterocycles. The summed E-state index contributed by atoms with van der Waals surface area (Å²) >= 11 is 2.95. The molecule has 1 N–H and O–H groups in total. The number of methoxy groups -OCH3 is 1. The summed E-state index contributed by atoms with van der Waals surface area (Å²) in [5.41, 5.74) is 1.03. The molecule has 1 aliphatic rings. The van der Waals surface area contributed by atoms with Gasteiger partial charge in [-0.2, -0.15) is 0 Å². The number of para-hydroxylation sites is 1. The summed E-state index contributed by atoms with van der Waals surface area (Å²) in [5.74, 6) is 1.63. The summed E-state index contributed by atoms with van der Waals surface area (Å²) in [6.07, 6.45) is 0. The van der Waals surface area contributed by atoms with Crippen LogP contribution in [0.1, 0.15) is 5.56 Å². The van der Waals surface area contributed by atoms with Gasteiger partial charge < -0.3 is 14.7 Å². The Bertz CT molecular complexity index is 523. The first kappa shape index (κ1) is 16.0. The third-order valence-electron chi connectivity index (χ3n) is 3.16. The Balaban J connectivity index is 1.85. The smallest absolute Gasteiger partial charge is 0.327 e. The second kappa shape index (κ2) is 7.61. The van der Waals surface area contributed by atoms with E-state index < -0.39 is 12.0 Å². The summed E-state index contributed by atoms with van der Waals surface area (Å²) in [5, 5.41) is 9.07. The highest BCUT2D eigenvalue weighted by molar-refractivity contribution is 7.99. The maximum absolute atomic E-state index is 12.1. The van der Waals surface area contributed by atoms with Gasteiger partial charge in [-0.25, -0.2) is 4.79 Å². The molecular weight excluding hydrogens is 310 g/mol. The van der Waals surface area contributed by atoms with E-state index in [1.54, 1.807) is 7.11 Å². The van der Waals surface area contributed by atoms with Crippen LogP contribution in [0.2, 0.25) is 0 Å². The fourth-order valence-electron chi connectivity index (χ4n) is 2.05. The second-order valence-electron chi connectivity index (χ2n) is 4.52. The number of ether oxygens (including phenoxy) is 1. The van der Waals surface area contributed by atoms with Crippen molar-refractivity contribution in [3.05, 3.63) is 29.8 Å². The van der Waals surface area contributed by atoms with Crippen LogP contribution in [0.4, 0.5) is 0 Å². The molecule has 1 amide bonds. The zero-order valence-electron chi connectivity index (χ0n) is 11.7. The Morgan fingerprint density at radius 2 is 2.24 bits per heavy atom. The molecule has 2 rings (SSSR count). The molecule has 5 nitrogen and oxygen atoms in total. The first-order valence-corrected chi connectivity index (χ1v) is 8.74. The standard InChI is InChI=1S/C14H17NO4S2/c1-19-12-5-3-2-4-10(12)6-20-8-13(16)15-9-21-7-11(15)14(17)18/h2-5,11H,6-9H2,1H3,(H,17,18)/t11-/m0/s1. The molecule has 7 heteroatoms. The number of amides is 1. The van der Waals surface area contributed by atoms with Gasteiger partial charge in [0.2, 0.25) is 5.91 Å². The van der Waals surface area contributed by atoms with Crippen molar-refractivity contribution in [1.82, 2.24) is 4.90 Å². The Morgan fingerprint density at radius 3 is 2.95 bits per heavy atom. The van der Waals surface area contributed by atoms with Gasteiger partial charge in [-0.15, -0.1) is 23.5 Å². The summed E-state index contributed by atoms with van der Waals surface area (Å²) in [7, 11) is 1.62. The Kier molecular flexibility index (Phi) is 5.81. The predicted octanol–water partition coefficient (Wildman–Crippen LogP) is 1.91. The van der Waals surface area contributed by atoms with Crippen LogP contribution in [0.25, 0.3) is 0 Å². The van der Waals surface area contributed by atoms with Crippen LogP contribution in [0.15, 0.2) is 24.3 Å². The van der Waals surface area contributed by atoms with Crippen molar-refractivity contribution in [2.75, 3.05) is 24.5 Å². The van der Waals surface area contributed by atoms with E-state index in [0.717, 1.165) is 11.3 Å². The fraction of sp³-hybridized carbons (Fsp3) is 0.429. The number of carbonyl (C=O) groups excluding carboxylic acids is 1. The monoisotopic (exact) mass is 327 g/mol. The normalized spacial score (nSPS) is 17.8. The molecule has 1 atom stereocenters. The molecule has 1 aromatic rings. The molecule has 1 aliphatic heterocycles. The lowest BCUT2D eigenvalue weighted by atomic mass is 10.2. The average molecular weight is 327 g/mol. The summed E-state index contributed by atoms with van der Waals surface area (Å²) in [4.78, 5) is 24.6. The van der Waals surface area contributed by atoms with Crippen LogP contribution in [0.3, 0.4) is 0 Å². The van der Waals surface area contributed by atoms with Crippen molar-refractivity contribution in [2.45, 2.75) is 11.8 Å². The number of benzene rings is 1. The van der Waals surface area contributed by atoms with Gasteiger partial charge in [0.15, 0.2) is 0 Å². The highest BCUT2D eigenvalue weighted by Gasteiger charge is 2.34. The Hall–Kier alpha value is -1.34. The van der Waals surface area contributed by atoms with E-state index in [1.807, 2.05) is 24.3 Å². The Morgan fingerprint density at radius 1 is 1.48 bits per heavy atom. The van der Waals surface area contributed by atoms with Gasteiger partial charge in [-0.3, -0.25) is 4.79 Å². The maximum atomic E-state index is 12.1. The summed E-state index contributed by atoms with van der Waals surface area (Å²) < 4.78 is 5.26. The maximum Gasteiger partial charge on any atom is 0.327 e. The first-order valence-electron chi connectivity index (χ1n) is 6.43. The molecule has 0 radical (unpaired) electrons. The zero-order chi connectivity index (χ0) is 15.2. The van der Waals surface area contributed by atoms with E-state index >= 15 is 0 Å². The van der Waals surface area contributed by atoms with Crippen molar-refractivity contribution >= 4 is 35.4 Å². The lowest BCUT2D eigenvalue weighted by Gasteiger charge is -2.20. The third kappa shape index (κ3) is 4.07. The summed E-state index contributed by atoms with van der Waals surface area (Å²) in [6, 6.07) is 6.99. The molecule has 1 fully saturated rings. The molecule has 0 aliphatic carbocycles. The first-order chi connectivity index (χ1) is 10.1. The van der Waals surface area contributed by atoms with E-state index in [-0.39, 0.29) is 11.7 Å². The van der Waals surface area contributed by atoms with Crippen LogP contribution in [0.5, 0.6) is 5.75 Å². The lowest BCUT2D eigenvalue weighted by Crippen LogP contribution is -2.42. The third-order valence-corrected chi connectivity index (χ3v) is 5.14. The van der Waals surface area contributed by atoms with Gasteiger partial charge in [0.1, 0.15) is 11.8 Å². The topological polar surface area (TPSA) is 66.8 Å². The minimum absolute atomic E-state index is 0.118. The van der Waals surface area contributed by atoms with Crippen LogP contribution in [0, 0.1) is 0 Å². The van der Waals surface area contributed by atoms with Crippen molar-refractivity contribution in [3.63, 3.8) is 0 Å². The van der Waals surface area contributed by atoms with Crippen LogP contribution in [-0.2, 0) is 15.3 Å². The zero-order valence-corrected chi connectivity index (χ0v) is 13.3. The number of aliphatic carboxylic acids is 1. The van der Waals surface area contributed by atoms with E-state index in [9.17, 15) is 9.59 Å². The number of carboxylic acid groups (broad SMARTS) is 1. The molecule has 0 aromatic heterocycles. The molecule has 0 bridgehead atoms. The molecule has 0 spiro atoms. The largest absolute Gasteiger partial charge is 0.496 e. The molecular formula is C14H17NO4S2. The van der Waals surface area contributed by atoms with Crippen LogP contribution in [-0.4, -0.2) is 52.4 Å². The van der Waals surface area contributed by atoms with Gasteiger partial charge in [0, 0.05) is 17.1 Å². The number of carbonyl (C=O) groups is 2. The van der Waals surface area contributed by atoms with Crippen molar-refractivity contribution in [2.24, 2.45) is 0 Å². The highest BCUT2D eigenvalue weighted by Crippen LogP contribution is 2.25. The molecule has 21 heavy (non-hydrogen) atoms. The van der Waals surface area contributed by atoms with Crippen LogP contribution < -0.4 is 4.74 Å². The molecule has 0 unspecified atom stereocenters. The van der Waals surface area contributed by atoms with E-state index in [1.165, 1.54) is 28.4 Å². The van der Waals surface area contributed by atoms with Crippen molar-refractivity contribution < 1.29 is 19.4 Å². The lowest BCUT2D eigenvalue weighted by molar-refractivity contribution is -0.146. The predicted molar refractivity (Wildman–Crippen MR) is 84.8 cm³/mol. The second-order valence-corrected chi connectivity index (χ2v) is 6.51. The quantitative estimate of drug-likeness (QED) is 0.861. The van der Waals surface area contributed by atoms with Gasteiger partial charge in [0.25, 0.3) is 0 Å². The summed E-state index contributed by atoms with van der Waals surface area (Å²) in [6.45, 7) is 0. The number of nitrogens with zero attached hydrogens (tertiary/aromatic N) is 1. The molecule has 0 saturated carbocycles. The van der Waals surface area contributed by atoms with Gasteiger partial charge >= 0.3 is 5.97 Å². The number of hydrogen-bond acceptors (Lipinski definition) is 5. The van der Waals surface area contributed by atoms with E-state index in [4.69, 9.17) is 9.84 Å². The average Bonchev–Trinajstić information content (AvgIpc) is 2.97. The number of carboxylic acids is 1. The molecule has 1 aromatic carbocycles. The van der Waals surface area contributed by atoms with Gasteiger partial charge in [0.05, 0.1) is 18.7 Å². The Labute approximate surface area is 132 Å². The SMILES string of the molecule is COc1ccccc1CSCC(=O)N1CSC[C@H]1C(=O)O. The molecule has 114 valence electrons. The van der Waals surface area contributed by atoms with Crippen molar-refractivity contribution in [1.29, 1.82) is 0 Å². The van der Waals surface area contributed by atoms with Gasteiger partial charge in [-0.1, -0.05) is 18.2 Å². The number of hydrogen-bond donors (Lipinski definition) is 1. The minimum Gasteiger partial charge on any atom is -0.496 e. The van der Waals surface area contributed by atoms with E-state index in [2.05, 4.69) is 0 Å².